The summed E-state index contributed by atoms with van der Waals surface area (Å²) in [5.74, 6) is 1.59. The van der Waals surface area contributed by atoms with Gasteiger partial charge in [0.1, 0.15) is 27.0 Å². The van der Waals surface area contributed by atoms with Crippen LogP contribution in [0.3, 0.4) is 0 Å². The summed E-state index contributed by atoms with van der Waals surface area (Å²) in [4.78, 5) is 18.6. The Bertz CT molecular complexity index is 3130. The van der Waals surface area contributed by atoms with Gasteiger partial charge in [0, 0.05) is 31.2 Å². The number of benzene rings is 5. The molecule has 0 aliphatic carbocycles. The Hall–Kier alpha value is -5.97. The summed E-state index contributed by atoms with van der Waals surface area (Å²) in [5, 5.41) is 23.8. The van der Waals surface area contributed by atoms with Crippen molar-refractivity contribution in [2.24, 2.45) is 5.41 Å². The number of aromatic nitrogens is 5. The minimum atomic E-state index is -4.97. The Morgan fingerprint density at radius 3 is 1.94 bits per heavy atom. The number of sulfonamides is 2. The number of methoxy groups -OCH3 is 3. The Morgan fingerprint density at radius 1 is 0.824 bits per heavy atom. The summed E-state index contributed by atoms with van der Waals surface area (Å²) in [6.07, 6.45) is -1.05. The fraction of sp³-hybridized carbons (Fsp3) is 0.298. The highest BCUT2D eigenvalue weighted by atomic mass is 79.9. The van der Waals surface area contributed by atoms with Crippen LogP contribution in [0.1, 0.15) is 43.9 Å². The Kier molecular flexibility index (Phi) is 13.9. The molecule has 8 rings (SSSR count). The molecule has 356 valence electrons. The molecule has 0 saturated carbocycles. The van der Waals surface area contributed by atoms with Gasteiger partial charge in [0.05, 0.1) is 49.7 Å². The Morgan fingerprint density at radius 2 is 1.40 bits per heavy atom. The van der Waals surface area contributed by atoms with Gasteiger partial charge >= 0.3 is 6.09 Å². The molecule has 1 fully saturated rings. The lowest BCUT2D eigenvalue weighted by atomic mass is 9.83. The summed E-state index contributed by atoms with van der Waals surface area (Å²) in [5.41, 5.74) is 2.37. The van der Waals surface area contributed by atoms with E-state index in [1.54, 1.807) is 79.9 Å². The van der Waals surface area contributed by atoms with E-state index in [-0.39, 0.29) is 49.6 Å². The first kappa shape index (κ1) is 48.5. The molecule has 2 aromatic heterocycles. The summed E-state index contributed by atoms with van der Waals surface area (Å²) >= 11 is 4.89. The first-order valence-electron chi connectivity index (χ1n) is 21.3. The first-order valence-corrected chi connectivity index (χ1v) is 25.8. The van der Waals surface area contributed by atoms with Crippen LogP contribution >= 0.6 is 27.3 Å². The summed E-state index contributed by atoms with van der Waals surface area (Å²) in [6, 6.07) is 27.6. The summed E-state index contributed by atoms with van der Waals surface area (Å²) in [6.45, 7) is 5.27. The fourth-order valence-electron chi connectivity index (χ4n) is 8.61. The molecule has 0 radical (unpaired) electrons. The number of nitrogens with zero attached hydrogens (tertiary/aromatic N) is 7. The second-order valence-corrected chi connectivity index (χ2v) is 23.1. The Balaban J connectivity index is 1.40. The highest BCUT2D eigenvalue weighted by Gasteiger charge is 2.47. The topological polar surface area (TPSA) is 208 Å². The molecule has 2 unspecified atom stereocenters. The van der Waals surface area contributed by atoms with E-state index in [1.807, 2.05) is 39.0 Å². The molecule has 5 aromatic carbocycles. The highest BCUT2D eigenvalue weighted by Crippen LogP contribution is 2.45. The van der Waals surface area contributed by atoms with Gasteiger partial charge in [0.25, 0.3) is 0 Å². The lowest BCUT2D eigenvalue weighted by Gasteiger charge is -2.37. The van der Waals surface area contributed by atoms with Gasteiger partial charge in [0.2, 0.25) is 25.9 Å². The van der Waals surface area contributed by atoms with E-state index >= 15 is 16.8 Å². The van der Waals surface area contributed by atoms with Crippen LogP contribution in [-0.4, -0.2) is 102 Å². The number of carbonyl (C=O) groups is 1. The number of rotatable bonds is 16. The largest absolute Gasteiger partial charge is 0.497 e. The predicted molar refractivity (Wildman–Crippen MR) is 261 cm³/mol. The van der Waals surface area contributed by atoms with E-state index in [0.717, 1.165) is 10.3 Å². The zero-order valence-electron chi connectivity index (χ0n) is 38.0. The van der Waals surface area contributed by atoms with Crippen LogP contribution in [0.4, 0.5) is 4.79 Å². The van der Waals surface area contributed by atoms with E-state index in [4.69, 9.17) is 24.3 Å². The SMILES string of the molecule is COc1ccc(CN(Cc2ccc(OC)cc2)S(=O)(=O)c2c(S(=O)(=O)NC3CCN(C(=O)O)C3C(C)(C)C)ccc(-c3cccc4sc(Br)nc34)c2-c2nnn(Cc3ccc(OC)cc3)n2)cc1. The van der Waals surface area contributed by atoms with E-state index in [2.05, 4.69) is 31.0 Å². The first-order chi connectivity index (χ1) is 32.4. The second kappa shape index (κ2) is 19.6. The van der Waals surface area contributed by atoms with Crippen molar-refractivity contribution in [3.63, 3.8) is 0 Å². The van der Waals surface area contributed by atoms with Crippen LogP contribution in [0.5, 0.6) is 17.2 Å². The average Bonchev–Trinajstić information content (AvgIpc) is 4.07. The smallest absolute Gasteiger partial charge is 0.407 e. The van der Waals surface area contributed by atoms with Crippen LogP contribution < -0.4 is 18.9 Å². The van der Waals surface area contributed by atoms with Gasteiger partial charge in [-0.25, -0.2) is 31.3 Å². The van der Waals surface area contributed by atoms with Crippen molar-refractivity contribution >= 4 is 63.6 Å². The van der Waals surface area contributed by atoms with E-state index in [9.17, 15) is 9.90 Å². The van der Waals surface area contributed by atoms with Crippen molar-refractivity contribution in [1.82, 2.24) is 39.1 Å². The minimum Gasteiger partial charge on any atom is -0.497 e. The third kappa shape index (κ3) is 10.1. The second-order valence-electron chi connectivity index (χ2n) is 17.2. The lowest BCUT2D eigenvalue weighted by molar-refractivity contribution is 0.0999. The molecule has 0 spiro atoms. The quantitative estimate of drug-likeness (QED) is 0.0935. The lowest BCUT2D eigenvalue weighted by Crippen LogP contribution is -2.52. The molecule has 2 N–H and O–H groups in total. The average molecular weight is 1050 g/mol. The number of amides is 1. The zero-order valence-corrected chi connectivity index (χ0v) is 42.0. The molecule has 1 aliphatic rings. The number of tetrazole rings is 1. The maximum Gasteiger partial charge on any atom is 0.407 e. The van der Waals surface area contributed by atoms with Crippen molar-refractivity contribution in [1.29, 1.82) is 0 Å². The van der Waals surface area contributed by atoms with E-state index in [1.165, 1.54) is 51.7 Å². The number of nitrogens with one attached hydrogen (secondary N) is 1. The van der Waals surface area contributed by atoms with Crippen LogP contribution in [0, 0.1) is 5.41 Å². The van der Waals surface area contributed by atoms with Crippen LogP contribution in [0.25, 0.3) is 32.7 Å². The van der Waals surface area contributed by atoms with Gasteiger partial charge in [-0.1, -0.05) is 75.4 Å². The summed E-state index contributed by atoms with van der Waals surface area (Å²) < 4.78 is 84.7. The number of para-hydroxylation sites is 1. The molecular weight excluding hydrogens is 997 g/mol. The van der Waals surface area contributed by atoms with E-state index < -0.39 is 53.4 Å². The molecule has 21 heteroatoms. The molecule has 7 aromatic rings. The van der Waals surface area contributed by atoms with Gasteiger partial charge in [-0.2, -0.15) is 9.10 Å². The minimum absolute atomic E-state index is 0.0612. The van der Waals surface area contributed by atoms with Crippen molar-refractivity contribution in [2.45, 2.75) is 68.7 Å². The molecule has 2 atom stereocenters. The number of halogens is 1. The van der Waals surface area contributed by atoms with E-state index in [0.29, 0.717) is 43.4 Å². The standard InChI is InChI=1S/C47H49BrN8O9S3/c1-47(2,3)43-37(24-25-55(43)46(57)58)52-67(59,60)39-23-22-35(36-8-7-9-38-41(36)49-45(48)66-38)40(44-50-53-56(51-44)28-31-14-20-34(65-6)21-15-31)42(39)68(61,62)54(26-29-10-16-32(63-4)17-11-29)27-30-12-18-33(64-5)19-13-30/h7-23,37,43,52H,24-28H2,1-6H3,(H,57,58). The van der Waals surface area contributed by atoms with Gasteiger partial charge < -0.3 is 24.2 Å². The normalized spacial score (nSPS) is 15.6. The van der Waals surface area contributed by atoms with Crippen molar-refractivity contribution < 1.29 is 40.9 Å². The molecule has 3 heterocycles. The molecule has 68 heavy (non-hydrogen) atoms. The molecule has 17 nitrogen and oxygen atoms in total. The van der Waals surface area contributed by atoms with Gasteiger partial charge in [-0.05, 0) is 104 Å². The van der Waals surface area contributed by atoms with Crippen molar-refractivity contribution in [2.75, 3.05) is 27.9 Å². The third-order valence-corrected chi connectivity index (χ3v) is 16.7. The molecule has 1 amide bonds. The highest BCUT2D eigenvalue weighted by molar-refractivity contribution is 9.11. The number of thiazole rings is 1. The number of hydrogen-bond donors (Lipinski definition) is 2. The molecule has 1 aliphatic heterocycles. The molecule has 1 saturated heterocycles. The van der Waals surface area contributed by atoms with Crippen molar-refractivity contribution in [3.8, 4) is 39.8 Å². The number of likely N-dealkylation sites (tertiary alicyclic amines) is 1. The van der Waals surface area contributed by atoms with Crippen LogP contribution in [0.2, 0.25) is 0 Å². The number of fused-ring (bicyclic) bond motifs is 1. The Labute approximate surface area is 406 Å². The van der Waals surface area contributed by atoms with Crippen LogP contribution in [0.15, 0.2) is 117 Å². The zero-order chi connectivity index (χ0) is 48.5. The van der Waals surface area contributed by atoms with Crippen molar-refractivity contribution in [3.05, 3.63) is 124 Å². The fourth-order valence-corrected chi connectivity index (χ4v) is 13.7. The molecule has 0 bridgehead atoms. The third-order valence-electron chi connectivity index (χ3n) is 11.7. The maximum atomic E-state index is 16.2. The van der Waals surface area contributed by atoms with Gasteiger partial charge in [-0.3, -0.25) is 0 Å². The monoisotopic (exact) mass is 1040 g/mol. The number of hydrogen-bond acceptors (Lipinski definition) is 13. The summed E-state index contributed by atoms with van der Waals surface area (Å²) in [7, 11) is -5.18. The number of ether oxygens (including phenoxy) is 3. The predicted octanol–water partition coefficient (Wildman–Crippen LogP) is 8.29. The molecular formula is C47H49BrN8O9S3. The number of carboxylic acid groups (broad SMARTS) is 1. The van der Waals surface area contributed by atoms with Gasteiger partial charge in [-0.15, -0.1) is 21.5 Å². The van der Waals surface area contributed by atoms with Crippen LogP contribution in [-0.2, 0) is 39.7 Å². The maximum absolute atomic E-state index is 16.2. The van der Waals surface area contributed by atoms with Gasteiger partial charge in [0.15, 0.2) is 3.92 Å².